The molecule has 0 aromatic heterocycles. The van der Waals surface area contributed by atoms with E-state index in [4.69, 9.17) is 19.8 Å². The van der Waals surface area contributed by atoms with Crippen molar-refractivity contribution in [2.24, 2.45) is 0 Å². The van der Waals surface area contributed by atoms with E-state index in [1.807, 2.05) is 0 Å². The first-order valence-electron chi connectivity index (χ1n) is 10.8. The summed E-state index contributed by atoms with van der Waals surface area (Å²) < 4.78 is 0. The van der Waals surface area contributed by atoms with Crippen molar-refractivity contribution in [1.29, 1.82) is 0 Å². The van der Waals surface area contributed by atoms with Crippen LogP contribution in [-0.4, -0.2) is 29.6 Å². The Bertz CT molecular complexity index is 817. The second kappa shape index (κ2) is 16.6. The molecular formula is C25H36O4P2Ru. The third kappa shape index (κ3) is 8.75. The number of hydrogen-bond donors (Lipinski definition) is 2. The summed E-state index contributed by atoms with van der Waals surface area (Å²) in [5.41, 5.74) is 9.50. The maximum atomic E-state index is 9.00. The van der Waals surface area contributed by atoms with Gasteiger partial charge < -0.3 is 15.0 Å². The van der Waals surface area contributed by atoms with Crippen molar-refractivity contribution < 1.29 is 39.3 Å². The van der Waals surface area contributed by atoms with Crippen LogP contribution in [0.25, 0.3) is 11.1 Å². The summed E-state index contributed by atoms with van der Waals surface area (Å²) in [6.07, 6.45) is 11.2. The van der Waals surface area contributed by atoms with Crippen molar-refractivity contribution in [3.05, 3.63) is 46.5 Å². The Balaban J connectivity index is 0.000000840. The van der Waals surface area contributed by atoms with E-state index in [9.17, 15) is 0 Å². The van der Waals surface area contributed by atoms with Crippen LogP contribution < -0.4 is 10.6 Å². The number of carbonyl (C=O) groups excluding carboxylic acids is 1. The summed E-state index contributed by atoms with van der Waals surface area (Å²) in [5, 5.41) is 17.2. The number of hydrogen-bond acceptors (Lipinski definition) is 3. The molecule has 32 heavy (non-hydrogen) atoms. The smallest absolute Gasteiger partial charge is 0.300 e. The number of fused-ring (bicyclic) bond motifs is 2. The molecule has 0 aliphatic heterocycles. The topological polar surface area (TPSA) is 74.6 Å². The number of aliphatic hydroxyl groups is 1. The Kier molecular flexibility index (Phi) is 16.1. The van der Waals surface area contributed by atoms with E-state index >= 15 is 0 Å². The number of carboxylic acids is 1. The number of benzene rings is 2. The molecule has 0 fully saturated rings. The Hall–Kier alpha value is -0.977. The summed E-state index contributed by atoms with van der Waals surface area (Å²) in [6, 6.07) is 9.35. The zero-order valence-corrected chi connectivity index (χ0v) is 23.3. The van der Waals surface area contributed by atoms with Crippen LogP contribution in [-0.2, 0) is 54.8 Å². The molecule has 4 rings (SSSR count). The third-order valence-electron chi connectivity index (χ3n) is 5.38. The van der Waals surface area contributed by atoms with Gasteiger partial charge in [0.1, 0.15) is 6.29 Å². The average Bonchev–Trinajstić information content (AvgIpc) is 2.76. The van der Waals surface area contributed by atoms with Gasteiger partial charge in [0.2, 0.25) is 0 Å². The average molecular weight is 564 g/mol. The summed E-state index contributed by atoms with van der Waals surface area (Å²) in [7, 11) is 6.99. The monoisotopic (exact) mass is 564 g/mol. The van der Waals surface area contributed by atoms with E-state index in [0.29, 0.717) is 0 Å². The number of aliphatic hydroxyl groups excluding tert-OH is 1. The molecule has 0 radical (unpaired) electrons. The van der Waals surface area contributed by atoms with Crippen LogP contribution in [0.15, 0.2) is 24.3 Å². The molecule has 0 heterocycles. The largest absolute Gasteiger partial charge is 0.481 e. The van der Waals surface area contributed by atoms with Gasteiger partial charge >= 0.3 is 0 Å². The minimum atomic E-state index is -0.833. The number of carboxylic acid groups (broad SMARTS) is 1. The normalized spacial score (nSPS) is 13.1. The van der Waals surface area contributed by atoms with E-state index in [1.54, 1.807) is 22.3 Å². The Labute approximate surface area is 210 Å². The number of aryl methyl sites for hydroxylation is 2. The van der Waals surface area contributed by atoms with Crippen LogP contribution in [0, 0.1) is 0 Å². The summed E-state index contributed by atoms with van der Waals surface area (Å²) in [6.45, 7) is 2.53. The molecule has 7 heteroatoms. The molecule has 2 atom stereocenters. The third-order valence-corrected chi connectivity index (χ3v) is 6.34. The maximum Gasteiger partial charge on any atom is 0.300 e. The number of aldehydes is 1. The second-order valence-electron chi connectivity index (χ2n) is 7.50. The molecule has 2 aliphatic rings. The quantitative estimate of drug-likeness (QED) is 0.313. The zero-order chi connectivity index (χ0) is 23.4. The van der Waals surface area contributed by atoms with E-state index in [-0.39, 0.29) is 19.5 Å². The Morgan fingerprint density at radius 2 is 1.09 bits per heavy atom. The van der Waals surface area contributed by atoms with Crippen LogP contribution in [0.1, 0.15) is 61.8 Å². The molecule has 2 unspecified atom stereocenters. The SMILES string of the molecule is CC(=O)O.CC=O.CO.Pc1ccc2c(c1-c1c(P)ccc3c1CCCC3)CCCC2.[Ru]. The van der Waals surface area contributed by atoms with Crippen LogP contribution in [0.4, 0.5) is 0 Å². The molecule has 2 N–H and O–H groups in total. The molecule has 0 amide bonds. The molecule has 4 nitrogen and oxygen atoms in total. The van der Waals surface area contributed by atoms with E-state index in [0.717, 1.165) is 20.3 Å². The second-order valence-corrected chi connectivity index (χ2v) is 8.75. The first-order chi connectivity index (χ1) is 14.9. The Morgan fingerprint density at radius 3 is 1.41 bits per heavy atom. The number of rotatable bonds is 1. The summed E-state index contributed by atoms with van der Waals surface area (Å²) in [5.74, 6) is -0.833. The van der Waals surface area contributed by atoms with Gasteiger partial charge in [-0.1, -0.05) is 24.3 Å². The van der Waals surface area contributed by atoms with Crippen molar-refractivity contribution in [2.45, 2.75) is 65.2 Å². The van der Waals surface area contributed by atoms with E-state index < -0.39 is 5.97 Å². The van der Waals surface area contributed by atoms with Crippen molar-refractivity contribution in [3.8, 4) is 11.1 Å². The standard InChI is InChI=1S/C20H24P2.C2H4O2.C2H4O.CH4O.Ru/c21-17-11-9-13-5-1-3-7-15(13)19(17)20-16-8-4-2-6-14(16)10-12-18(20)22;1-2(3)4;1-2-3;1-2;/h9-12H,1-8,21-22H2;1H3,(H,3,4);2H,1H3;2H,1H3;. The van der Waals surface area contributed by atoms with Crippen LogP contribution in [0.5, 0.6) is 0 Å². The first-order valence-corrected chi connectivity index (χ1v) is 11.9. The van der Waals surface area contributed by atoms with Crippen molar-refractivity contribution >= 4 is 41.3 Å². The van der Waals surface area contributed by atoms with Crippen LogP contribution in [0.3, 0.4) is 0 Å². The van der Waals surface area contributed by atoms with E-state index in [2.05, 4.69) is 42.7 Å². The summed E-state index contributed by atoms with van der Waals surface area (Å²) >= 11 is 0. The molecule has 2 aromatic rings. The fourth-order valence-corrected chi connectivity index (χ4v) is 5.11. The van der Waals surface area contributed by atoms with Gasteiger partial charge in [0.25, 0.3) is 5.97 Å². The zero-order valence-electron chi connectivity index (χ0n) is 19.3. The molecule has 0 saturated heterocycles. The Morgan fingerprint density at radius 1 is 0.812 bits per heavy atom. The minimum Gasteiger partial charge on any atom is -0.481 e. The predicted molar refractivity (Wildman–Crippen MR) is 137 cm³/mol. The molecule has 2 aliphatic carbocycles. The molecule has 0 spiro atoms. The molecule has 0 bridgehead atoms. The minimum absolute atomic E-state index is 0. The first kappa shape index (κ1) is 31.0. The van der Waals surface area contributed by atoms with E-state index in [1.165, 1.54) is 80.0 Å². The van der Waals surface area contributed by atoms with Gasteiger partial charge in [-0.2, -0.15) is 0 Å². The van der Waals surface area contributed by atoms with Crippen LogP contribution in [0.2, 0.25) is 0 Å². The van der Waals surface area contributed by atoms with Crippen molar-refractivity contribution in [2.75, 3.05) is 7.11 Å². The number of carbonyl (C=O) groups is 2. The van der Waals surface area contributed by atoms with Gasteiger partial charge in [-0.25, -0.2) is 0 Å². The van der Waals surface area contributed by atoms with Crippen molar-refractivity contribution in [3.63, 3.8) is 0 Å². The van der Waals surface area contributed by atoms with Gasteiger partial charge in [0.05, 0.1) is 0 Å². The fourth-order valence-electron chi connectivity index (χ4n) is 4.28. The van der Waals surface area contributed by atoms with Gasteiger partial charge in [0.15, 0.2) is 0 Å². The molecule has 2 aromatic carbocycles. The van der Waals surface area contributed by atoms with Gasteiger partial charge in [-0.3, -0.25) is 4.79 Å². The number of aliphatic carboxylic acids is 1. The molecule has 0 saturated carbocycles. The fraction of sp³-hybridized carbons (Fsp3) is 0.440. The molecule has 178 valence electrons. The predicted octanol–water partition coefficient (Wildman–Crippen LogP) is 4.01. The maximum absolute atomic E-state index is 9.00. The summed E-state index contributed by atoms with van der Waals surface area (Å²) in [4.78, 5) is 17.8. The van der Waals surface area contributed by atoms with Gasteiger partial charge in [-0.15, -0.1) is 18.5 Å². The molecular weight excluding hydrogens is 527 g/mol. The van der Waals surface area contributed by atoms with Crippen molar-refractivity contribution in [1.82, 2.24) is 0 Å². The van der Waals surface area contributed by atoms with Gasteiger partial charge in [-0.05, 0) is 102 Å². The van der Waals surface area contributed by atoms with Gasteiger partial charge in [0, 0.05) is 33.5 Å². The van der Waals surface area contributed by atoms with Crippen LogP contribution >= 0.6 is 18.5 Å².